The van der Waals surface area contributed by atoms with Crippen molar-refractivity contribution in [2.75, 3.05) is 18.8 Å². The third kappa shape index (κ3) is 2.47. The lowest BCUT2D eigenvalue weighted by Crippen LogP contribution is -2.48. The summed E-state index contributed by atoms with van der Waals surface area (Å²) < 4.78 is 23.8. The van der Waals surface area contributed by atoms with E-state index in [1.165, 1.54) is 0 Å². The highest BCUT2D eigenvalue weighted by Gasteiger charge is 2.47. The van der Waals surface area contributed by atoms with Gasteiger partial charge in [-0.2, -0.15) is 0 Å². The summed E-state index contributed by atoms with van der Waals surface area (Å²) in [5, 5.41) is 5.63. The molecule has 2 aliphatic rings. The number of carbonyl (C=O) groups is 1. The first kappa shape index (κ1) is 12.8. The van der Waals surface area contributed by atoms with Crippen molar-refractivity contribution in [3.05, 3.63) is 0 Å². The van der Waals surface area contributed by atoms with E-state index in [1.807, 2.05) is 13.8 Å². The van der Waals surface area contributed by atoms with Crippen molar-refractivity contribution in [2.24, 2.45) is 11.8 Å². The van der Waals surface area contributed by atoms with Gasteiger partial charge in [-0.25, -0.2) is 8.42 Å². The minimum atomic E-state index is -3.00. The van der Waals surface area contributed by atoms with Gasteiger partial charge >= 0.3 is 0 Å². The van der Waals surface area contributed by atoms with Crippen LogP contribution in [0.4, 0.5) is 0 Å². The van der Waals surface area contributed by atoms with E-state index in [2.05, 4.69) is 10.6 Å². The number of carbonyl (C=O) groups excluding carboxylic acids is 1. The monoisotopic (exact) mass is 260 g/mol. The van der Waals surface area contributed by atoms with Crippen molar-refractivity contribution in [1.29, 1.82) is 0 Å². The Morgan fingerprint density at radius 2 is 2.06 bits per heavy atom. The number of hydrogen-bond donors (Lipinski definition) is 2. The van der Waals surface area contributed by atoms with Gasteiger partial charge in [-0.3, -0.25) is 4.79 Å². The van der Waals surface area contributed by atoms with Crippen LogP contribution in [-0.4, -0.2) is 44.5 Å². The topological polar surface area (TPSA) is 75.3 Å². The van der Waals surface area contributed by atoms with E-state index >= 15 is 0 Å². The highest BCUT2D eigenvalue weighted by molar-refractivity contribution is 7.92. The molecule has 2 N–H and O–H groups in total. The van der Waals surface area contributed by atoms with Crippen molar-refractivity contribution in [2.45, 2.75) is 31.6 Å². The molecule has 0 aromatic rings. The molecule has 0 radical (unpaired) electrons. The largest absolute Gasteiger partial charge is 0.354 e. The molecule has 98 valence electrons. The molecule has 2 saturated heterocycles. The SMILES string of the molecule is CC(C)NC(=O)[C@H]1CCS(=O)(=O)[C@H]2CNC[C@@H]12. The van der Waals surface area contributed by atoms with Crippen LogP contribution < -0.4 is 10.6 Å². The number of fused-ring (bicyclic) bond motifs is 1. The number of hydrogen-bond acceptors (Lipinski definition) is 4. The maximum atomic E-state index is 12.0. The van der Waals surface area contributed by atoms with E-state index in [-0.39, 0.29) is 34.8 Å². The number of sulfone groups is 1. The normalized spacial score (nSPS) is 35.6. The molecule has 1 amide bonds. The molecule has 6 heteroatoms. The molecule has 0 spiro atoms. The Morgan fingerprint density at radius 3 is 2.71 bits per heavy atom. The van der Waals surface area contributed by atoms with E-state index in [9.17, 15) is 13.2 Å². The third-order valence-corrected chi connectivity index (χ3v) is 5.91. The Labute approximate surface area is 102 Å². The predicted molar refractivity (Wildman–Crippen MR) is 65.3 cm³/mol. The van der Waals surface area contributed by atoms with Gasteiger partial charge in [0.25, 0.3) is 0 Å². The van der Waals surface area contributed by atoms with E-state index in [1.54, 1.807) is 0 Å². The first-order valence-electron chi connectivity index (χ1n) is 6.14. The molecule has 2 rings (SSSR count). The predicted octanol–water partition coefficient (Wildman–Crippen LogP) is -0.466. The Kier molecular flexibility index (Phi) is 3.45. The molecule has 2 fully saturated rings. The Morgan fingerprint density at radius 1 is 1.35 bits per heavy atom. The summed E-state index contributed by atoms with van der Waals surface area (Å²) in [5.74, 6) is -0.0477. The van der Waals surface area contributed by atoms with E-state index in [0.717, 1.165) is 0 Å². The fourth-order valence-corrected chi connectivity index (χ4v) is 4.92. The maximum absolute atomic E-state index is 12.0. The molecule has 0 bridgehead atoms. The van der Waals surface area contributed by atoms with Crippen molar-refractivity contribution in [3.63, 3.8) is 0 Å². The molecule has 2 aliphatic heterocycles. The quantitative estimate of drug-likeness (QED) is 0.704. The van der Waals surface area contributed by atoms with Gasteiger partial charge in [0, 0.05) is 31.0 Å². The first-order valence-corrected chi connectivity index (χ1v) is 7.86. The van der Waals surface area contributed by atoms with Gasteiger partial charge in [0.1, 0.15) is 0 Å². The van der Waals surface area contributed by atoms with Crippen molar-refractivity contribution < 1.29 is 13.2 Å². The van der Waals surface area contributed by atoms with Gasteiger partial charge in [-0.1, -0.05) is 0 Å². The molecule has 17 heavy (non-hydrogen) atoms. The summed E-state index contributed by atoms with van der Waals surface area (Å²) in [6, 6.07) is 0.105. The standard InChI is InChI=1S/C11H20N2O3S/c1-7(2)13-11(14)8-3-4-17(15,16)10-6-12-5-9(8)10/h7-10,12H,3-6H2,1-2H3,(H,13,14)/t8-,9-,10-/m0/s1. The lowest BCUT2D eigenvalue weighted by atomic mass is 9.87. The minimum Gasteiger partial charge on any atom is -0.354 e. The lowest BCUT2D eigenvalue weighted by Gasteiger charge is -2.32. The van der Waals surface area contributed by atoms with Gasteiger partial charge in [-0.15, -0.1) is 0 Å². The van der Waals surface area contributed by atoms with Crippen LogP contribution in [0.15, 0.2) is 0 Å². The molecule has 0 aromatic carbocycles. The summed E-state index contributed by atoms with van der Waals surface area (Å²) >= 11 is 0. The summed E-state index contributed by atoms with van der Waals surface area (Å²) in [6.45, 7) is 4.97. The van der Waals surface area contributed by atoms with Crippen LogP contribution in [-0.2, 0) is 14.6 Å². The molecule has 0 unspecified atom stereocenters. The molecule has 5 nitrogen and oxygen atoms in total. The van der Waals surface area contributed by atoms with Crippen LogP contribution in [0.3, 0.4) is 0 Å². The van der Waals surface area contributed by atoms with Gasteiger partial charge in [-0.05, 0) is 20.3 Å². The van der Waals surface area contributed by atoms with Crippen molar-refractivity contribution in [3.8, 4) is 0 Å². The first-order chi connectivity index (χ1) is 7.92. The number of rotatable bonds is 2. The Bertz CT molecular complexity index is 405. The lowest BCUT2D eigenvalue weighted by molar-refractivity contribution is -0.127. The number of amides is 1. The summed E-state index contributed by atoms with van der Waals surface area (Å²) in [4.78, 5) is 12.0. The second-order valence-corrected chi connectivity index (χ2v) is 7.63. The molecule has 0 aliphatic carbocycles. The van der Waals surface area contributed by atoms with Gasteiger partial charge < -0.3 is 10.6 Å². The van der Waals surface area contributed by atoms with Gasteiger partial charge in [0.2, 0.25) is 5.91 Å². The van der Waals surface area contributed by atoms with Crippen LogP contribution in [0.2, 0.25) is 0 Å². The summed E-state index contributed by atoms with van der Waals surface area (Å²) in [7, 11) is -3.00. The average Bonchev–Trinajstić information content (AvgIpc) is 2.65. The molecule has 0 saturated carbocycles. The van der Waals surface area contributed by atoms with E-state index in [0.29, 0.717) is 19.5 Å². The number of nitrogens with one attached hydrogen (secondary N) is 2. The Hall–Kier alpha value is -0.620. The van der Waals surface area contributed by atoms with Crippen LogP contribution in [0.1, 0.15) is 20.3 Å². The van der Waals surface area contributed by atoms with Gasteiger partial charge in [0.15, 0.2) is 9.84 Å². The molecular formula is C11H20N2O3S. The van der Waals surface area contributed by atoms with E-state index in [4.69, 9.17) is 0 Å². The zero-order valence-corrected chi connectivity index (χ0v) is 11.1. The van der Waals surface area contributed by atoms with Crippen molar-refractivity contribution >= 4 is 15.7 Å². The smallest absolute Gasteiger partial charge is 0.223 e. The zero-order valence-electron chi connectivity index (χ0n) is 10.3. The van der Waals surface area contributed by atoms with E-state index < -0.39 is 9.84 Å². The summed E-state index contributed by atoms with van der Waals surface area (Å²) in [5.41, 5.74) is 0. The minimum absolute atomic E-state index is 0.00796. The second-order valence-electron chi connectivity index (χ2n) is 5.29. The van der Waals surface area contributed by atoms with Crippen LogP contribution in [0.25, 0.3) is 0 Å². The molecule has 3 atom stereocenters. The van der Waals surface area contributed by atoms with Crippen LogP contribution in [0, 0.1) is 11.8 Å². The molecular weight excluding hydrogens is 240 g/mol. The van der Waals surface area contributed by atoms with Gasteiger partial charge in [0.05, 0.1) is 11.0 Å². The zero-order chi connectivity index (χ0) is 12.6. The average molecular weight is 260 g/mol. The molecule has 0 aromatic heterocycles. The second kappa shape index (κ2) is 4.57. The van der Waals surface area contributed by atoms with Crippen molar-refractivity contribution in [1.82, 2.24) is 10.6 Å². The third-order valence-electron chi connectivity index (χ3n) is 3.66. The van der Waals surface area contributed by atoms with Crippen LogP contribution in [0.5, 0.6) is 0 Å². The maximum Gasteiger partial charge on any atom is 0.223 e. The summed E-state index contributed by atoms with van der Waals surface area (Å²) in [6.07, 6.45) is 0.462. The van der Waals surface area contributed by atoms with Crippen LogP contribution >= 0.6 is 0 Å². The Balaban J connectivity index is 2.14. The fourth-order valence-electron chi connectivity index (χ4n) is 2.84. The highest BCUT2D eigenvalue weighted by Crippen LogP contribution is 2.33. The molecule has 2 heterocycles. The highest BCUT2D eigenvalue weighted by atomic mass is 32.2. The fraction of sp³-hybridized carbons (Fsp3) is 0.909.